The zero-order valence-electron chi connectivity index (χ0n) is 15.6. The van der Waals surface area contributed by atoms with Crippen LogP contribution in [-0.2, 0) is 14.0 Å². The maximum Gasteiger partial charge on any atom is 0.323 e. The molecule has 0 aromatic heterocycles. The standard InChI is InChI=1S/C18H33NO3Si/c1-9-11-14-16(22-23(7,8)18(3,4)5)13-15(17(20)21-6)19(14)12-10-2/h9-10,14-16H,1-2,11-13H2,3-8H3/t14-,15+,16-/m1/s1. The zero-order chi connectivity index (χ0) is 17.8. The van der Waals surface area contributed by atoms with Gasteiger partial charge in [0.2, 0.25) is 0 Å². The topological polar surface area (TPSA) is 38.8 Å². The second-order valence-electron chi connectivity index (χ2n) is 7.77. The number of hydrogen-bond acceptors (Lipinski definition) is 4. The summed E-state index contributed by atoms with van der Waals surface area (Å²) in [5.74, 6) is -0.192. The van der Waals surface area contributed by atoms with Crippen LogP contribution in [0, 0.1) is 0 Å². The molecule has 3 atom stereocenters. The first kappa shape index (κ1) is 20.1. The van der Waals surface area contributed by atoms with Crippen LogP contribution in [0.15, 0.2) is 25.3 Å². The number of likely N-dealkylation sites (tertiary alicyclic amines) is 1. The molecular weight excluding hydrogens is 306 g/mol. The smallest absolute Gasteiger partial charge is 0.323 e. The highest BCUT2D eigenvalue weighted by Gasteiger charge is 2.48. The zero-order valence-corrected chi connectivity index (χ0v) is 16.6. The second kappa shape index (κ2) is 7.77. The van der Waals surface area contributed by atoms with Crippen molar-refractivity contribution in [3.05, 3.63) is 25.3 Å². The van der Waals surface area contributed by atoms with Gasteiger partial charge in [-0.3, -0.25) is 9.69 Å². The summed E-state index contributed by atoms with van der Waals surface area (Å²) in [5.41, 5.74) is 0. The molecule has 0 spiro atoms. The van der Waals surface area contributed by atoms with Gasteiger partial charge in [0.1, 0.15) is 6.04 Å². The first-order chi connectivity index (χ1) is 10.6. The van der Waals surface area contributed by atoms with E-state index in [2.05, 4.69) is 51.9 Å². The number of nitrogens with zero attached hydrogens (tertiary/aromatic N) is 1. The van der Waals surface area contributed by atoms with Gasteiger partial charge in [0.15, 0.2) is 8.32 Å². The normalized spacial score (nSPS) is 26.1. The molecule has 0 aromatic rings. The summed E-state index contributed by atoms with van der Waals surface area (Å²) in [7, 11) is -0.463. The lowest BCUT2D eigenvalue weighted by atomic mass is 10.1. The Labute approximate surface area is 142 Å². The van der Waals surface area contributed by atoms with Crippen LogP contribution in [0.3, 0.4) is 0 Å². The molecule has 1 heterocycles. The molecule has 132 valence electrons. The van der Waals surface area contributed by atoms with Gasteiger partial charge < -0.3 is 9.16 Å². The second-order valence-corrected chi connectivity index (χ2v) is 12.5. The maximum atomic E-state index is 12.2. The number of hydrogen-bond donors (Lipinski definition) is 0. The highest BCUT2D eigenvalue weighted by atomic mass is 28.4. The summed E-state index contributed by atoms with van der Waals surface area (Å²) in [5, 5.41) is 0.137. The fraction of sp³-hybridized carbons (Fsp3) is 0.722. The average molecular weight is 340 g/mol. The van der Waals surface area contributed by atoms with Crippen LogP contribution >= 0.6 is 0 Å². The molecule has 0 unspecified atom stereocenters. The van der Waals surface area contributed by atoms with Crippen molar-refractivity contribution in [3.8, 4) is 0 Å². The summed E-state index contributed by atoms with van der Waals surface area (Å²) >= 11 is 0. The lowest BCUT2D eigenvalue weighted by Gasteiger charge is -2.40. The van der Waals surface area contributed by atoms with Gasteiger partial charge in [-0.25, -0.2) is 0 Å². The summed E-state index contributed by atoms with van der Waals surface area (Å²) in [4.78, 5) is 14.3. The minimum absolute atomic E-state index is 0.0259. The predicted octanol–water partition coefficient (Wildman–Crippen LogP) is 3.75. The van der Waals surface area contributed by atoms with E-state index in [0.717, 1.165) is 6.42 Å². The Morgan fingerprint density at radius 1 is 1.30 bits per heavy atom. The highest BCUT2D eigenvalue weighted by molar-refractivity contribution is 6.74. The van der Waals surface area contributed by atoms with E-state index in [1.54, 1.807) is 0 Å². The Bertz CT molecular complexity index is 442. The van der Waals surface area contributed by atoms with Crippen LogP contribution in [0.1, 0.15) is 33.6 Å². The van der Waals surface area contributed by atoms with Gasteiger partial charge in [-0.05, 0) is 24.6 Å². The Kier molecular flexibility index (Phi) is 6.80. The SMILES string of the molecule is C=CC[C@@H]1[C@H](O[Si](C)(C)C(C)(C)C)C[C@@H](C(=O)OC)N1CC=C. The largest absolute Gasteiger partial charge is 0.468 e. The van der Waals surface area contributed by atoms with Gasteiger partial charge >= 0.3 is 5.97 Å². The molecule has 1 aliphatic rings. The molecule has 0 bridgehead atoms. The first-order valence-electron chi connectivity index (χ1n) is 8.32. The number of ether oxygens (including phenoxy) is 1. The Hall–Kier alpha value is -0.913. The molecule has 0 radical (unpaired) electrons. The van der Waals surface area contributed by atoms with Gasteiger partial charge in [0.05, 0.1) is 13.2 Å². The monoisotopic (exact) mass is 339 g/mol. The van der Waals surface area contributed by atoms with E-state index in [-0.39, 0.29) is 29.2 Å². The fourth-order valence-electron chi connectivity index (χ4n) is 2.88. The molecule has 0 amide bonds. The first-order valence-corrected chi connectivity index (χ1v) is 11.2. The molecule has 0 N–H and O–H groups in total. The molecule has 1 saturated heterocycles. The maximum absolute atomic E-state index is 12.2. The molecule has 0 aliphatic carbocycles. The van der Waals surface area contributed by atoms with Crippen molar-refractivity contribution in [1.29, 1.82) is 0 Å². The number of methoxy groups -OCH3 is 1. The van der Waals surface area contributed by atoms with Crippen molar-refractivity contribution >= 4 is 14.3 Å². The lowest BCUT2D eigenvalue weighted by molar-refractivity contribution is -0.146. The van der Waals surface area contributed by atoms with Gasteiger partial charge in [-0.1, -0.05) is 32.9 Å². The van der Waals surface area contributed by atoms with Crippen molar-refractivity contribution in [3.63, 3.8) is 0 Å². The van der Waals surface area contributed by atoms with Gasteiger partial charge in [0.25, 0.3) is 0 Å². The minimum Gasteiger partial charge on any atom is -0.468 e. The summed E-state index contributed by atoms with van der Waals surface area (Å²) in [6.45, 7) is 19.5. The molecule has 1 fully saturated rings. The third-order valence-electron chi connectivity index (χ3n) is 5.18. The Balaban J connectivity index is 3.07. The molecule has 0 aromatic carbocycles. The number of carbonyl (C=O) groups is 1. The molecule has 0 saturated carbocycles. The van der Waals surface area contributed by atoms with Gasteiger partial charge in [-0.15, -0.1) is 13.2 Å². The average Bonchev–Trinajstić information content (AvgIpc) is 2.76. The Morgan fingerprint density at radius 3 is 2.35 bits per heavy atom. The van der Waals surface area contributed by atoms with Gasteiger partial charge in [0, 0.05) is 19.0 Å². The number of rotatable bonds is 7. The van der Waals surface area contributed by atoms with Crippen LogP contribution in [-0.4, -0.2) is 51.0 Å². The van der Waals surface area contributed by atoms with Crippen LogP contribution < -0.4 is 0 Å². The van der Waals surface area contributed by atoms with Crippen molar-refractivity contribution in [2.45, 2.75) is 69.9 Å². The molecular formula is C18H33NO3Si. The fourth-order valence-corrected chi connectivity index (χ4v) is 4.24. The van der Waals surface area contributed by atoms with E-state index in [1.165, 1.54) is 7.11 Å². The van der Waals surface area contributed by atoms with E-state index in [0.29, 0.717) is 13.0 Å². The van der Waals surface area contributed by atoms with Crippen molar-refractivity contribution in [1.82, 2.24) is 4.90 Å². The van der Waals surface area contributed by atoms with Crippen molar-refractivity contribution in [2.24, 2.45) is 0 Å². The lowest BCUT2D eigenvalue weighted by Crippen LogP contribution is -2.48. The van der Waals surface area contributed by atoms with Crippen LogP contribution in [0.4, 0.5) is 0 Å². The molecule has 23 heavy (non-hydrogen) atoms. The van der Waals surface area contributed by atoms with Crippen LogP contribution in [0.25, 0.3) is 0 Å². The van der Waals surface area contributed by atoms with Crippen molar-refractivity contribution < 1.29 is 14.0 Å². The van der Waals surface area contributed by atoms with Gasteiger partial charge in [-0.2, -0.15) is 0 Å². The molecule has 4 nitrogen and oxygen atoms in total. The summed E-state index contributed by atoms with van der Waals surface area (Å²) < 4.78 is 11.6. The molecule has 5 heteroatoms. The van der Waals surface area contributed by atoms with E-state index >= 15 is 0 Å². The van der Waals surface area contributed by atoms with Crippen LogP contribution in [0.2, 0.25) is 18.1 Å². The van der Waals surface area contributed by atoms with E-state index in [1.807, 2.05) is 12.2 Å². The van der Waals surface area contributed by atoms with Crippen molar-refractivity contribution in [2.75, 3.05) is 13.7 Å². The summed E-state index contributed by atoms with van der Waals surface area (Å²) in [6, 6.07) is -0.124. The minimum atomic E-state index is -1.91. The van der Waals surface area contributed by atoms with E-state index < -0.39 is 8.32 Å². The molecule has 1 aliphatic heterocycles. The number of esters is 1. The van der Waals surface area contributed by atoms with E-state index in [4.69, 9.17) is 9.16 Å². The van der Waals surface area contributed by atoms with E-state index in [9.17, 15) is 4.79 Å². The third-order valence-corrected chi connectivity index (χ3v) is 9.69. The Morgan fingerprint density at radius 2 is 1.91 bits per heavy atom. The third kappa shape index (κ3) is 4.55. The highest BCUT2D eigenvalue weighted by Crippen LogP contribution is 2.40. The van der Waals surface area contributed by atoms with Crippen LogP contribution in [0.5, 0.6) is 0 Å². The number of carbonyl (C=O) groups excluding carboxylic acids is 1. The quantitative estimate of drug-likeness (QED) is 0.402. The summed E-state index contributed by atoms with van der Waals surface area (Å²) in [6.07, 6.45) is 5.23. The molecule has 1 rings (SSSR count). The predicted molar refractivity (Wildman–Crippen MR) is 98.0 cm³/mol.